The number of nitrogens with zero attached hydrogens (tertiary/aromatic N) is 2. The molecule has 0 unspecified atom stereocenters. The number of aromatic amines is 1. The topological polar surface area (TPSA) is 82.4 Å². The zero-order valence-corrected chi connectivity index (χ0v) is 21.6. The van der Waals surface area contributed by atoms with Gasteiger partial charge in [-0.15, -0.1) is 0 Å². The van der Waals surface area contributed by atoms with Crippen LogP contribution in [0.1, 0.15) is 36.8 Å². The molecule has 3 N–H and O–H groups in total. The molecule has 3 saturated heterocycles. The van der Waals surface area contributed by atoms with Crippen LogP contribution in [0.3, 0.4) is 0 Å². The van der Waals surface area contributed by atoms with Crippen LogP contribution in [0.5, 0.6) is 0 Å². The second-order valence-corrected chi connectivity index (χ2v) is 11.4. The van der Waals surface area contributed by atoms with Crippen LogP contribution in [0.4, 0.5) is 0 Å². The molecule has 3 aromatic rings. The van der Waals surface area contributed by atoms with Crippen LogP contribution in [0, 0.1) is 5.92 Å². The first-order valence-corrected chi connectivity index (χ1v) is 13.5. The number of nitrogens with one attached hydrogen (secondary N) is 1. The van der Waals surface area contributed by atoms with Crippen molar-refractivity contribution in [1.82, 2.24) is 14.8 Å². The summed E-state index contributed by atoms with van der Waals surface area (Å²) >= 11 is 12.8. The van der Waals surface area contributed by atoms with Gasteiger partial charge in [-0.3, -0.25) is 9.59 Å². The molecule has 2 bridgehead atoms. The first-order valence-electron chi connectivity index (χ1n) is 12.7. The molecule has 0 spiro atoms. The highest BCUT2D eigenvalue weighted by Crippen LogP contribution is 2.53. The number of carbonyl (C=O) groups excluding carboxylic acids is 2. The smallest absolute Gasteiger partial charge is 0.240 e. The standard InChI is InChI=1S/C28H30Cl2N4O2/c29-19-5-6-21(22(30)14-19)28(9-10-28)27(36)34(25-16-33-11-7-17(25)8-12-33)24(26(31)35)13-18-15-32-23-4-2-1-3-20(18)23/h1-6,14-15,17,24-25,32H,7-13,16H2,(H2,31,35)/t24-,25+/m0/s1. The van der Waals surface area contributed by atoms with E-state index in [9.17, 15) is 9.59 Å². The van der Waals surface area contributed by atoms with Crippen molar-refractivity contribution in [2.75, 3.05) is 19.6 Å². The molecule has 7 rings (SSSR count). The molecule has 2 atom stereocenters. The van der Waals surface area contributed by atoms with Crippen LogP contribution < -0.4 is 5.73 Å². The molecule has 8 heteroatoms. The van der Waals surface area contributed by atoms with Crippen LogP contribution in [0.25, 0.3) is 10.9 Å². The minimum Gasteiger partial charge on any atom is -0.368 e. The van der Waals surface area contributed by atoms with Crippen molar-refractivity contribution in [2.45, 2.75) is 49.6 Å². The number of hydrogen-bond donors (Lipinski definition) is 2. The Kier molecular flexibility index (Phi) is 6.02. The van der Waals surface area contributed by atoms with E-state index in [0.29, 0.717) is 35.2 Å². The van der Waals surface area contributed by atoms with E-state index in [-0.39, 0.29) is 11.9 Å². The highest BCUT2D eigenvalue weighted by Gasteiger charge is 2.57. The lowest BCUT2D eigenvalue weighted by Gasteiger charge is -2.51. The Morgan fingerprint density at radius 3 is 2.53 bits per heavy atom. The number of fused-ring (bicyclic) bond motifs is 4. The van der Waals surface area contributed by atoms with Gasteiger partial charge < -0.3 is 20.5 Å². The summed E-state index contributed by atoms with van der Waals surface area (Å²) in [5.74, 6) is -0.141. The van der Waals surface area contributed by atoms with E-state index in [0.717, 1.165) is 54.5 Å². The lowest BCUT2D eigenvalue weighted by atomic mass is 9.80. The normalized spacial score (nSPS) is 25.0. The summed E-state index contributed by atoms with van der Waals surface area (Å²) in [6, 6.07) is 12.6. The molecule has 2 aromatic carbocycles. The number of para-hydroxylation sites is 1. The van der Waals surface area contributed by atoms with Crippen LogP contribution in [-0.2, 0) is 21.4 Å². The molecule has 36 heavy (non-hydrogen) atoms. The summed E-state index contributed by atoms with van der Waals surface area (Å²) in [4.78, 5) is 35.3. The van der Waals surface area contributed by atoms with Crippen molar-refractivity contribution >= 4 is 45.9 Å². The van der Waals surface area contributed by atoms with E-state index in [2.05, 4.69) is 9.88 Å². The van der Waals surface area contributed by atoms with Gasteiger partial charge in [0.2, 0.25) is 11.8 Å². The van der Waals surface area contributed by atoms with Crippen LogP contribution in [-0.4, -0.2) is 58.3 Å². The predicted octanol–water partition coefficient (Wildman–Crippen LogP) is 4.53. The zero-order valence-electron chi connectivity index (χ0n) is 20.1. The molecule has 6 nitrogen and oxygen atoms in total. The Hall–Kier alpha value is -2.54. The highest BCUT2D eigenvalue weighted by molar-refractivity contribution is 6.35. The number of primary amides is 1. The van der Waals surface area contributed by atoms with Crippen LogP contribution >= 0.6 is 23.2 Å². The Balaban J connectivity index is 1.42. The summed E-state index contributed by atoms with van der Waals surface area (Å²) in [6.07, 6.45) is 5.76. The van der Waals surface area contributed by atoms with E-state index < -0.39 is 17.4 Å². The average Bonchev–Trinajstić information content (AvgIpc) is 3.58. The molecule has 4 heterocycles. The molecule has 1 aliphatic carbocycles. The van der Waals surface area contributed by atoms with Gasteiger partial charge in [-0.25, -0.2) is 0 Å². The SMILES string of the molecule is NC(=O)[C@H](Cc1c[nH]c2ccccc12)N(C(=O)C1(c2ccc(Cl)cc2Cl)CC1)[C@@H]1CN2CCC1CC2. The monoisotopic (exact) mass is 524 g/mol. The fourth-order valence-corrected chi connectivity index (χ4v) is 7.05. The maximum Gasteiger partial charge on any atom is 0.240 e. The van der Waals surface area contributed by atoms with Gasteiger partial charge in [0.05, 0.1) is 5.41 Å². The maximum absolute atomic E-state index is 14.6. The van der Waals surface area contributed by atoms with Gasteiger partial charge in [-0.05, 0) is 74.0 Å². The molecule has 3 aliphatic heterocycles. The molecule has 4 fully saturated rings. The van der Waals surface area contributed by atoms with Gasteiger partial charge in [-0.1, -0.05) is 47.5 Å². The number of aromatic nitrogens is 1. The summed E-state index contributed by atoms with van der Waals surface area (Å²) in [6.45, 7) is 2.86. The van der Waals surface area contributed by atoms with Crippen molar-refractivity contribution < 1.29 is 9.59 Å². The lowest BCUT2D eigenvalue weighted by Crippen LogP contribution is -2.65. The van der Waals surface area contributed by atoms with Crippen LogP contribution in [0.15, 0.2) is 48.7 Å². The molecule has 2 amide bonds. The number of H-pyrrole nitrogens is 1. The molecule has 188 valence electrons. The Bertz CT molecular complexity index is 1330. The summed E-state index contributed by atoms with van der Waals surface area (Å²) < 4.78 is 0. The van der Waals surface area contributed by atoms with Crippen molar-refractivity contribution in [3.05, 3.63) is 69.8 Å². The number of amides is 2. The molecular formula is C28H30Cl2N4O2. The average molecular weight is 525 g/mol. The van der Waals surface area contributed by atoms with Crippen molar-refractivity contribution in [2.24, 2.45) is 11.7 Å². The van der Waals surface area contributed by atoms with Gasteiger partial charge in [-0.2, -0.15) is 0 Å². The van der Waals surface area contributed by atoms with E-state index in [1.54, 1.807) is 12.1 Å². The lowest BCUT2D eigenvalue weighted by molar-refractivity contribution is -0.149. The minimum atomic E-state index is -0.745. The summed E-state index contributed by atoms with van der Waals surface area (Å²) in [5.41, 5.74) is 8.14. The molecule has 0 radical (unpaired) electrons. The fraction of sp³-hybridized carbons (Fsp3) is 0.429. The van der Waals surface area contributed by atoms with Gasteiger partial charge in [0.1, 0.15) is 6.04 Å². The first-order chi connectivity index (χ1) is 17.4. The number of benzene rings is 2. The van der Waals surface area contributed by atoms with E-state index in [1.165, 1.54) is 0 Å². The van der Waals surface area contributed by atoms with Crippen molar-refractivity contribution in [3.63, 3.8) is 0 Å². The third kappa shape index (κ3) is 4.00. The molecule has 1 saturated carbocycles. The van der Waals surface area contributed by atoms with Gasteiger partial charge in [0.15, 0.2) is 0 Å². The number of rotatable bonds is 7. The fourth-order valence-electron chi connectivity index (χ4n) is 6.47. The summed E-state index contributed by atoms with van der Waals surface area (Å²) in [5, 5.41) is 2.08. The number of halogens is 2. The molecular weight excluding hydrogens is 495 g/mol. The number of piperidine rings is 3. The van der Waals surface area contributed by atoms with Gasteiger partial charge in [0, 0.05) is 46.2 Å². The second-order valence-electron chi connectivity index (χ2n) is 10.6. The van der Waals surface area contributed by atoms with Gasteiger partial charge in [0.25, 0.3) is 0 Å². The molecule has 4 aliphatic rings. The number of hydrogen-bond acceptors (Lipinski definition) is 3. The Labute approximate surface area is 220 Å². The predicted molar refractivity (Wildman–Crippen MR) is 142 cm³/mol. The zero-order chi connectivity index (χ0) is 25.0. The quantitative estimate of drug-likeness (QED) is 0.476. The number of nitrogens with two attached hydrogens (primary N) is 1. The highest BCUT2D eigenvalue weighted by atomic mass is 35.5. The minimum absolute atomic E-state index is 0.0332. The van der Waals surface area contributed by atoms with Crippen molar-refractivity contribution in [3.8, 4) is 0 Å². The van der Waals surface area contributed by atoms with Crippen LogP contribution in [0.2, 0.25) is 10.0 Å². The van der Waals surface area contributed by atoms with E-state index in [4.69, 9.17) is 28.9 Å². The maximum atomic E-state index is 14.6. The van der Waals surface area contributed by atoms with Gasteiger partial charge >= 0.3 is 0 Å². The Morgan fingerprint density at radius 1 is 1.14 bits per heavy atom. The molecule has 1 aromatic heterocycles. The Morgan fingerprint density at radius 2 is 1.89 bits per heavy atom. The van der Waals surface area contributed by atoms with E-state index >= 15 is 0 Å². The van der Waals surface area contributed by atoms with Crippen molar-refractivity contribution in [1.29, 1.82) is 0 Å². The third-order valence-corrected chi connectivity index (χ3v) is 9.12. The first kappa shape index (κ1) is 23.8. The third-order valence-electron chi connectivity index (χ3n) is 8.57. The summed E-state index contributed by atoms with van der Waals surface area (Å²) in [7, 11) is 0. The van der Waals surface area contributed by atoms with E-state index in [1.807, 2.05) is 41.4 Å². The number of carbonyl (C=O) groups is 2. The second kappa shape index (κ2) is 9.09. The largest absolute Gasteiger partial charge is 0.368 e.